The van der Waals surface area contributed by atoms with E-state index in [4.69, 9.17) is 0 Å². The van der Waals surface area contributed by atoms with Crippen molar-refractivity contribution in [3.63, 3.8) is 0 Å². The first-order valence-corrected chi connectivity index (χ1v) is 3.93. The predicted molar refractivity (Wildman–Crippen MR) is 48.7 cm³/mol. The lowest BCUT2D eigenvalue weighted by molar-refractivity contribution is 0.638. The molecular weight excluding hydrogens is 167 g/mol. The van der Waals surface area contributed by atoms with Gasteiger partial charge in [0.05, 0.1) is 16.6 Å². The largest absolute Gasteiger partial charge is 0.237 e. The second-order valence-corrected chi connectivity index (χ2v) is 2.86. The quantitative estimate of drug-likeness (QED) is 0.613. The summed E-state index contributed by atoms with van der Waals surface area (Å²) >= 11 is 0. The Balaban J connectivity index is 2.94. The van der Waals surface area contributed by atoms with Crippen molar-refractivity contribution in [2.75, 3.05) is 0 Å². The van der Waals surface area contributed by atoms with Gasteiger partial charge in [-0.05, 0) is 19.1 Å². The number of rotatable bonds is 0. The molecule has 1 aromatic heterocycles. The predicted octanol–water partition coefficient (Wildman–Crippen LogP) is 2.26. The fourth-order valence-corrected chi connectivity index (χ4v) is 1.38. The Morgan fingerprint density at radius 1 is 1.31 bits per heavy atom. The Hall–Kier alpha value is -1.51. The summed E-state index contributed by atoms with van der Waals surface area (Å²) < 4.78 is 13.3. The Kier molecular flexibility index (Phi) is 1.72. The van der Waals surface area contributed by atoms with Crippen LogP contribution in [0.1, 0.15) is 11.5 Å². The van der Waals surface area contributed by atoms with Crippen LogP contribution in [-0.4, -0.2) is 9.97 Å². The second-order valence-electron chi connectivity index (χ2n) is 2.86. The van der Waals surface area contributed by atoms with Crippen molar-refractivity contribution in [2.45, 2.75) is 6.92 Å². The van der Waals surface area contributed by atoms with Crippen LogP contribution in [0.25, 0.3) is 10.9 Å². The van der Waals surface area contributed by atoms with Crippen molar-refractivity contribution in [2.24, 2.45) is 0 Å². The van der Waals surface area contributed by atoms with Gasteiger partial charge in [-0.15, -0.1) is 0 Å². The third-order valence-corrected chi connectivity index (χ3v) is 1.90. The minimum absolute atomic E-state index is 0.282. The highest BCUT2D eigenvalue weighted by molar-refractivity contribution is 5.81. The number of aryl methyl sites for hydroxylation is 1. The topological polar surface area (TPSA) is 25.8 Å². The van der Waals surface area contributed by atoms with Crippen LogP contribution >= 0.6 is 0 Å². The van der Waals surface area contributed by atoms with Gasteiger partial charge in [-0.1, -0.05) is 6.07 Å². The smallest absolute Gasteiger partial charge is 0.134 e. The van der Waals surface area contributed by atoms with E-state index < -0.39 is 0 Å². The maximum absolute atomic E-state index is 13.3. The van der Waals surface area contributed by atoms with Gasteiger partial charge in [0, 0.05) is 6.92 Å². The molecule has 0 amide bonds. The van der Waals surface area contributed by atoms with Crippen molar-refractivity contribution >= 4 is 10.9 Å². The highest BCUT2D eigenvalue weighted by Crippen LogP contribution is 2.18. The van der Waals surface area contributed by atoms with E-state index in [1.807, 2.05) is 0 Å². The number of fused-ring (bicyclic) bond motifs is 1. The van der Waals surface area contributed by atoms with Crippen LogP contribution in [0.15, 0.2) is 18.2 Å². The Morgan fingerprint density at radius 3 is 2.85 bits per heavy atom. The first-order chi connectivity index (χ1) is 6.18. The molecule has 1 aromatic carbocycles. The fraction of sp³-hybridized carbons (Fsp3) is 0.100. The van der Waals surface area contributed by atoms with Gasteiger partial charge in [0.25, 0.3) is 0 Å². The monoisotopic (exact) mass is 175 g/mol. The normalized spacial score (nSPS) is 10.7. The molecule has 0 spiro atoms. The van der Waals surface area contributed by atoms with Gasteiger partial charge in [-0.25, -0.2) is 14.4 Å². The van der Waals surface area contributed by atoms with Crippen molar-refractivity contribution in [3.05, 3.63) is 42.5 Å². The van der Waals surface area contributed by atoms with Crippen LogP contribution in [0.4, 0.5) is 4.39 Å². The van der Waals surface area contributed by atoms with Crippen LogP contribution < -0.4 is 0 Å². The number of nitrogens with zero attached hydrogens (tertiary/aromatic N) is 2. The molecule has 0 aliphatic rings. The molecule has 3 heteroatoms. The Bertz CT molecular complexity index is 466. The Labute approximate surface area is 75.4 Å². The standard InChI is InChI=1S/C10H8FN2/c1-6-10-8(11)4-3-5-9(10)13-7(2)12-6/h3-5H,2H2,1H3. The van der Waals surface area contributed by atoms with E-state index in [-0.39, 0.29) is 5.82 Å². The molecule has 0 unspecified atom stereocenters. The highest BCUT2D eigenvalue weighted by Gasteiger charge is 2.05. The van der Waals surface area contributed by atoms with Gasteiger partial charge < -0.3 is 0 Å². The van der Waals surface area contributed by atoms with E-state index >= 15 is 0 Å². The molecule has 65 valence electrons. The number of benzene rings is 1. The van der Waals surface area contributed by atoms with Crippen molar-refractivity contribution < 1.29 is 4.39 Å². The molecule has 1 heterocycles. The zero-order valence-electron chi connectivity index (χ0n) is 7.21. The number of halogens is 1. The second kappa shape index (κ2) is 2.76. The van der Waals surface area contributed by atoms with E-state index in [0.29, 0.717) is 22.4 Å². The first-order valence-electron chi connectivity index (χ1n) is 3.93. The van der Waals surface area contributed by atoms with E-state index in [2.05, 4.69) is 16.9 Å². The molecule has 2 rings (SSSR count). The summed E-state index contributed by atoms with van der Waals surface area (Å²) in [6, 6.07) is 4.78. The molecule has 2 nitrogen and oxygen atoms in total. The average Bonchev–Trinajstić information content (AvgIpc) is 2.02. The van der Waals surface area contributed by atoms with E-state index in [1.165, 1.54) is 6.07 Å². The molecule has 1 radical (unpaired) electrons. The zero-order valence-corrected chi connectivity index (χ0v) is 7.21. The first kappa shape index (κ1) is 8.10. The molecule has 0 saturated carbocycles. The van der Waals surface area contributed by atoms with Gasteiger partial charge in [0.15, 0.2) is 0 Å². The highest BCUT2D eigenvalue weighted by atomic mass is 19.1. The molecule has 0 aliphatic heterocycles. The summed E-state index contributed by atoms with van der Waals surface area (Å²) in [6.45, 7) is 5.37. The lowest BCUT2D eigenvalue weighted by Gasteiger charge is -2.02. The third-order valence-electron chi connectivity index (χ3n) is 1.90. The third kappa shape index (κ3) is 1.26. The maximum atomic E-state index is 13.3. The van der Waals surface area contributed by atoms with Crippen LogP contribution in [0.2, 0.25) is 0 Å². The lowest BCUT2D eigenvalue weighted by Crippen LogP contribution is -1.94. The molecule has 2 aromatic rings. The van der Waals surface area contributed by atoms with E-state index in [0.717, 1.165) is 0 Å². The molecule has 0 atom stereocenters. The van der Waals surface area contributed by atoms with Crippen molar-refractivity contribution in [1.29, 1.82) is 0 Å². The summed E-state index contributed by atoms with van der Waals surface area (Å²) in [5.74, 6) is 0.144. The summed E-state index contributed by atoms with van der Waals surface area (Å²) in [5.41, 5.74) is 1.24. The van der Waals surface area contributed by atoms with Crippen molar-refractivity contribution in [1.82, 2.24) is 9.97 Å². The summed E-state index contributed by atoms with van der Waals surface area (Å²) in [4.78, 5) is 8.04. The van der Waals surface area contributed by atoms with Gasteiger partial charge >= 0.3 is 0 Å². The fourth-order valence-electron chi connectivity index (χ4n) is 1.38. The van der Waals surface area contributed by atoms with Gasteiger partial charge in [0.1, 0.15) is 11.6 Å². The van der Waals surface area contributed by atoms with Crippen molar-refractivity contribution in [3.8, 4) is 0 Å². The maximum Gasteiger partial charge on any atom is 0.134 e. The summed E-state index contributed by atoms with van der Waals surface area (Å²) in [7, 11) is 0. The molecular formula is C10H8FN2. The molecule has 0 aliphatic carbocycles. The Morgan fingerprint density at radius 2 is 2.08 bits per heavy atom. The number of hydrogen-bond acceptors (Lipinski definition) is 2. The van der Waals surface area contributed by atoms with Crippen LogP contribution in [0.5, 0.6) is 0 Å². The zero-order chi connectivity index (χ0) is 9.42. The minimum Gasteiger partial charge on any atom is -0.237 e. The minimum atomic E-state index is -0.282. The number of hydrogen-bond donors (Lipinski definition) is 0. The summed E-state index contributed by atoms with van der Waals surface area (Å²) in [6.07, 6.45) is 0. The van der Waals surface area contributed by atoms with Crippen LogP contribution in [0.3, 0.4) is 0 Å². The molecule has 0 saturated heterocycles. The number of aromatic nitrogens is 2. The van der Waals surface area contributed by atoms with Crippen LogP contribution in [0, 0.1) is 19.7 Å². The van der Waals surface area contributed by atoms with E-state index in [9.17, 15) is 4.39 Å². The molecule has 13 heavy (non-hydrogen) atoms. The van der Waals surface area contributed by atoms with Crippen LogP contribution in [-0.2, 0) is 0 Å². The van der Waals surface area contributed by atoms with E-state index in [1.54, 1.807) is 19.1 Å². The van der Waals surface area contributed by atoms with Gasteiger partial charge in [0.2, 0.25) is 0 Å². The molecule has 0 fully saturated rings. The SMILES string of the molecule is [CH2]c1nc(C)c2c(F)cccc2n1. The molecule has 0 bridgehead atoms. The summed E-state index contributed by atoms with van der Waals surface area (Å²) in [5, 5.41) is 0.481. The molecule has 0 N–H and O–H groups in total. The van der Waals surface area contributed by atoms with Gasteiger partial charge in [-0.2, -0.15) is 0 Å². The average molecular weight is 175 g/mol. The lowest BCUT2D eigenvalue weighted by atomic mass is 10.2. The van der Waals surface area contributed by atoms with Gasteiger partial charge in [-0.3, -0.25) is 0 Å².